The lowest BCUT2D eigenvalue weighted by Crippen LogP contribution is -2.31. The number of aromatic nitrogens is 1. The molecule has 2 unspecified atom stereocenters. The Labute approximate surface area is 121 Å². The van der Waals surface area contributed by atoms with Crippen LogP contribution in [0.25, 0.3) is 0 Å². The molecule has 0 aromatic carbocycles. The molecule has 1 aromatic heterocycles. The molecule has 1 aliphatic heterocycles. The van der Waals surface area contributed by atoms with E-state index in [2.05, 4.69) is 49.8 Å². The van der Waals surface area contributed by atoms with Crippen LogP contribution in [0.15, 0.2) is 0 Å². The van der Waals surface area contributed by atoms with Crippen molar-refractivity contribution in [3.05, 3.63) is 15.6 Å². The van der Waals surface area contributed by atoms with Crippen LogP contribution < -0.4 is 5.32 Å². The molecule has 0 bridgehead atoms. The number of nitrogens with zero attached hydrogens (tertiary/aromatic N) is 2. The molecule has 0 radical (unpaired) electrons. The molecule has 1 fully saturated rings. The summed E-state index contributed by atoms with van der Waals surface area (Å²) in [6.07, 6.45) is 1.33. The summed E-state index contributed by atoms with van der Waals surface area (Å²) in [4.78, 5) is 8.58. The van der Waals surface area contributed by atoms with Crippen LogP contribution in [0.3, 0.4) is 0 Å². The third kappa shape index (κ3) is 3.77. The number of likely N-dealkylation sites (tertiary alicyclic amines) is 1. The molecule has 2 heterocycles. The molecule has 0 saturated carbocycles. The summed E-state index contributed by atoms with van der Waals surface area (Å²) in [5, 5.41) is 4.85. The minimum atomic E-state index is 0.373. The summed E-state index contributed by atoms with van der Waals surface area (Å²) in [6, 6.07) is 1.06. The predicted octanol–water partition coefficient (Wildman–Crippen LogP) is 3.14. The first-order valence-electron chi connectivity index (χ1n) is 7.38. The van der Waals surface area contributed by atoms with Gasteiger partial charge in [-0.05, 0) is 60.0 Å². The SMILES string of the molecule is Cc1nc(C(C)NCC2CCN(C(C)C)C2)c(C)s1. The molecule has 19 heavy (non-hydrogen) atoms. The van der Waals surface area contributed by atoms with Gasteiger partial charge in [-0.15, -0.1) is 11.3 Å². The van der Waals surface area contributed by atoms with Gasteiger partial charge in [0, 0.05) is 23.5 Å². The molecule has 3 nitrogen and oxygen atoms in total. The van der Waals surface area contributed by atoms with E-state index in [1.165, 1.54) is 35.1 Å². The molecule has 1 N–H and O–H groups in total. The van der Waals surface area contributed by atoms with Crippen molar-refractivity contribution in [2.75, 3.05) is 19.6 Å². The predicted molar refractivity (Wildman–Crippen MR) is 82.8 cm³/mol. The van der Waals surface area contributed by atoms with Crippen LogP contribution in [-0.4, -0.2) is 35.6 Å². The van der Waals surface area contributed by atoms with Gasteiger partial charge in [0.05, 0.1) is 10.7 Å². The average Bonchev–Trinajstić information content (AvgIpc) is 2.93. The minimum Gasteiger partial charge on any atom is -0.308 e. The highest BCUT2D eigenvalue weighted by molar-refractivity contribution is 7.11. The first-order chi connectivity index (χ1) is 8.97. The van der Waals surface area contributed by atoms with Gasteiger partial charge >= 0.3 is 0 Å². The van der Waals surface area contributed by atoms with Gasteiger partial charge in [-0.2, -0.15) is 0 Å². The molecule has 1 aromatic rings. The van der Waals surface area contributed by atoms with E-state index in [-0.39, 0.29) is 0 Å². The lowest BCUT2D eigenvalue weighted by molar-refractivity contribution is 0.263. The van der Waals surface area contributed by atoms with E-state index in [4.69, 9.17) is 0 Å². The first kappa shape index (κ1) is 14.9. The smallest absolute Gasteiger partial charge is 0.0900 e. The second-order valence-corrected chi connectivity index (χ2v) is 7.45. The molecule has 0 spiro atoms. The van der Waals surface area contributed by atoms with Crippen LogP contribution in [0.5, 0.6) is 0 Å². The Morgan fingerprint density at radius 2 is 2.11 bits per heavy atom. The maximum Gasteiger partial charge on any atom is 0.0900 e. The number of hydrogen-bond donors (Lipinski definition) is 1. The maximum atomic E-state index is 4.64. The van der Waals surface area contributed by atoms with Crippen molar-refractivity contribution in [2.45, 2.75) is 53.1 Å². The topological polar surface area (TPSA) is 28.2 Å². The average molecular weight is 281 g/mol. The highest BCUT2D eigenvalue weighted by Crippen LogP contribution is 2.23. The Morgan fingerprint density at radius 3 is 2.63 bits per heavy atom. The van der Waals surface area contributed by atoms with E-state index >= 15 is 0 Å². The summed E-state index contributed by atoms with van der Waals surface area (Å²) in [7, 11) is 0. The molecule has 0 aliphatic carbocycles. The first-order valence-corrected chi connectivity index (χ1v) is 8.20. The highest BCUT2D eigenvalue weighted by Gasteiger charge is 2.24. The lowest BCUT2D eigenvalue weighted by Gasteiger charge is -2.21. The van der Waals surface area contributed by atoms with E-state index in [0.717, 1.165) is 12.5 Å². The van der Waals surface area contributed by atoms with Gasteiger partial charge in [0.15, 0.2) is 0 Å². The molecule has 2 atom stereocenters. The number of rotatable bonds is 5. The summed E-state index contributed by atoms with van der Waals surface area (Å²) in [5.74, 6) is 0.796. The molecule has 1 aliphatic rings. The highest BCUT2D eigenvalue weighted by atomic mass is 32.1. The maximum absolute atomic E-state index is 4.64. The fraction of sp³-hybridized carbons (Fsp3) is 0.800. The van der Waals surface area contributed by atoms with Crippen LogP contribution in [0.1, 0.15) is 48.8 Å². The van der Waals surface area contributed by atoms with Crippen molar-refractivity contribution >= 4 is 11.3 Å². The van der Waals surface area contributed by atoms with E-state index in [9.17, 15) is 0 Å². The van der Waals surface area contributed by atoms with Crippen molar-refractivity contribution in [1.82, 2.24) is 15.2 Å². The molecule has 1 saturated heterocycles. The zero-order valence-corrected chi connectivity index (χ0v) is 13.7. The van der Waals surface area contributed by atoms with Gasteiger partial charge in [-0.1, -0.05) is 0 Å². The number of hydrogen-bond acceptors (Lipinski definition) is 4. The Hall–Kier alpha value is -0.450. The fourth-order valence-corrected chi connectivity index (χ4v) is 3.80. The molecular formula is C15H27N3S. The van der Waals surface area contributed by atoms with Crippen LogP contribution in [-0.2, 0) is 0 Å². The second kappa shape index (κ2) is 6.33. The summed E-state index contributed by atoms with van der Waals surface area (Å²) in [6.45, 7) is 14.7. The van der Waals surface area contributed by atoms with E-state index < -0.39 is 0 Å². The number of aryl methyl sites for hydroxylation is 2. The van der Waals surface area contributed by atoms with E-state index in [1.54, 1.807) is 11.3 Å². The van der Waals surface area contributed by atoms with Crippen LogP contribution in [0.2, 0.25) is 0 Å². The molecule has 108 valence electrons. The summed E-state index contributed by atoms with van der Waals surface area (Å²) < 4.78 is 0. The third-order valence-electron chi connectivity index (χ3n) is 4.11. The van der Waals surface area contributed by atoms with Crippen molar-refractivity contribution in [2.24, 2.45) is 5.92 Å². The van der Waals surface area contributed by atoms with Gasteiger partial charge in [-0.3, -0.25) is 0 Å². The van der Waals surface area contributed by atoms with Gasteiger partial charge in [0.2, 0.25) is 0 Å². The van der Waals surface area contributed by atoms with E-state index in [1.807, 2.05) is 0 Å². The monoisotopic (exact) mass is 281 g/mol. The molecule has 0 amide bonds. The number of nitrogens with one attached hydrogen (secondary N) is 1. The number of thiazole rings is 1. The van der Waals surface area contributed by atoms with Gasteiger partial charge < -0.3 is 10.2 Å². The normalized spacial score (nSPS) is 22.3. The van der Waals surface area contributed by atoms with Crippen molar-refractivity contribution in [3.8, 4) is 0 Å². The Balaban J connectivity index is 1.81. The van der Waals surface area contributed by atoms with Gasteiger partial charge in [0.1, 0.15) is 0 Å². The van der Waals surface area contributed by atoms with Crippen molar-refractivity contribution in [3.63, 3.8) is 0 Å². The largest absolute Gasteiger partial charge is 0.308 e. The third-order valence-corrected chi connectivity index (χ3v) is 5.01. The van der Waals surface area contributed by atoms with E-state index in [0.29, 0.717) is 12.1 Å². The molecule has 4 heteroatoms. The van der Waals surface area contributed by atoms with Crippen LogP contribution in [0, 0.1) is 19.8 Å². The quantitative estimate of drug-likeness (QED) is 0.898. The van der Waals surface area contributed by atoms with Crippen LogP contribution >= 0.6 is 11.3 Å². The Morgan fingerprint density at radius 1 is 1.37 bits per heavy atom. The standard InChI is InChI=1S/C15H27N3S/c1-10(2)18-7-6-14(9-18)8-16-11(3)15-12(4)19-13(5)17-15/h10-11,14,16H,6-9H2,1-5H3. The lowest BCUT2D eigenvalue weighted by atomic mass is 10.1. The molecule has 2 rings (SSSR count). The van der Waals surface area contributed by atoms with Gasteiger partial charge in [0.25, 0.3) is 0 Å². The Kier molecular flexibility index (Phi) is 4.98. The molecular weight excluding hydrogens is 254 g/mol. The van der Waals surface area contributed by atoms with Crippen molar-refractivity contribution < 1.29 is 0 Å². The summed E-state index contributed by atoms with van der Waals surface area (Å²) >= 11 is 1.80. The van der Waals surface area contributed by atoms with Crippen LogP contribution in [0.4, 0.5) is 0 Å². The second-order valence-electron chi connectivity index (χ2n) is 6.05. The zero-order valence-electron chi connectivity index (χ0n) is 12.9. The zero-order chi connectivity index (χ0) is 14.0. The summed E-state index contributed by atoms with van der Waals surface area (Å²) in [5.41, 5.74) is 1.24. The minimum absolute atomic E-state index is 0.373. The fourth-order valence-electron chi connectivity index (χ4n) is 2.89. The van der Waals surface area contributed by atoms with Crippen molar-refractivity contribution in [1.29, 1.82) is 0 Å². The van der Waals surface area contributed by atoms with Gasteiger partial charge in [-0.25, -0.2) is 4.98 Å². The Bertz CT molecular complexity index is 414.